The van der Waals surface area contributed by atoms with Gasteiger partial charge < -0.3 is 10.2 Å². The van der Waals surface area contributed by atoms with Crippen LogP contribution in [0.5, 0.6) is 0 Å². The highest BCUT2D eigenvalue weighted by Gasteiger charge is 2.13. The van der Waals surface area contributed by atoms with E-state index in [1.807, 2.05) is 25.1 Å². The lowest BCUT2D eigenvalue weighted by Gasteiger charge is -2.03. The van der Waals surface area contributed by atoms with Gasteiger partial charge in [0.2, 0.25) is 0 Å². The lowest BCUT2D eigenvalue weighted by atomic mass is 10.2. The van der Waals surface area contributed by atoms with Crippen molar-refractivity contribution in [3.8, 4) is 0 Å². The van der Waals surface area contributed by atoms with E-state index < -0.39 is 0 Å². The van der Waals surface area contributed by atoms with Gasteiger partial charge >= 0.3 is 0 Å². The Morgan fingerprint density at radius 1 is 1.46 bits per heavy atom. The zero-order valence-corrected chi connectivity index (χ0v) is 8.04. The van der Waals surface area contributed by atoms with E-state index in [9.17, 15) is 0 Å². The summed E-state index contributed by atoms with van der Waals surface area (Å²) in [7, 11) is 0. The Labute approximate surface area is 80.4 Å². The first kappa shape index (κ1) is 8.47. The van der Waals surface area contributed by atoms with E-state index in [2.05, 4.69) is 4.37 Å². The third-order valence-electron chi connectivity index (χ3n) is 1.83. The molecule has 2 N–H and O–H groups in total. The van der Waals surface area contributed by atoms with E-state index in [1.54, 1.807) is 6.20 Å². The maximum atomic E-state index is 5.95. The van der Waals surface area contributed by atoms with Crippen molar-refractivity contribution in [3.05, 3.63) is 40.8 Å². The minimum Gasteiger partial charge on any atom is -0.464 e. The summed E-state index contributed by atoms with van der Waals surface area (Å²) in [5, 5.41) is 0. The second kappa shape index (κ2) is 3.32. The first-order valence-corrected chi connectivity index (χ1v) is 4.77. The van der Waals surface area contributed by atoms with Gasteiger partial charge in [-0.1, -0.05) is 0 Å². The molecule has 1 atom stereocenters. The lowest BCUT2D eigenvalue weighted by Crippen LogP contribution is -2.08. The van der Waals surface area contributed by atoms with Gasteiger partial charge in [0.15, 0.2) is 0 Å². The van der Waals surface area contributed by atoms with Gasteiger partial charge in [-0.05, 0) is 36.7 Å². The van der Waals surface area contributed by atoms with Gasteiger partial charge in [0.05, 0.1) is 6.04 Å². The normalized spacial score (nSPS) is 13.1. The highest BCUT2D eigenvalue weighted by atomic mass is 32.1. The summed E-state index contributed by atoms with van der Waals surface area (Å²) >= 11 is 1.40. The highest BCUT2D eigenvalue weighted by molar-refractivity contribution is 7.05. The second-order valence-corrected chi connectivity index (χ2v) is 3.71. The maximum Gasteiger partial charge on any atom is 0.126 e. The standard InChI is InChI=1S/C9H10N2OS/c1-6-2-3-7(12-6)9(10)8-4-5-11-13-8/h2-5,9H,10H2,1H3. The smallest absolute Gasteiger partial charge is 0.126 e. The number of hydrogen-bond acceptors (Lipinski definition) is 4. The molecule has 2 aromatic rings. The Kier molecular flexibility index (Phi) is 2.16. The summed E-state index contributed by atoms with van der Waals surface area (Å²) in [6, 6.07) is 5.55. The Morgan fingerprint density at radius 3 is 2.85 bits per heavy atom. The van der Waals surface area contributed by atoms with Crippen molar-refractivity contribution in [1.82, 2.24) is 4.37 Å². The molecule has 0 aliphatic carbocycles. The molecule has 0 saturated heterocycles. The third kappa shape index (κ3) is 1.64. The zero-order valence-electron chi connectivity index (χ0n) is 7.23. The third-order valence-corrected chi connectivity index (χ3v) is 2.66. The molecule has 2 heterocycles. The molecule has 2 rings (SSSR count). The van der Waals surface area contributed by atoms with Crippen LogP contribution in [0.15, 0.2) is 28.8 Å². The number of aryl methyl sites for hydroxylation is 1. The summed E-state index contributed by atoms with van der Waals surface area (Å²) in [6.45, 7) is 1.91. The fourth-order valence-electron chi connectivity index (χ4n) is 1.15. The molecular weight excluding hydrogens is 184 g/mol. The minimum absolute atomic E-state index is 0.179. The molecule has 0 amide bonds. The average molecular weight is 194 g/mol. The van der Waals surface area contributed by atoms with E-state index in [0.717, 1.165) is 16.4 Å². The molecule has 0 aliphatic rings. The Bertz CT molecular complexity index is 380. The summed E-state index contributed by atoms with van der Waals surface area (Å²) in [5.41, 5.74) is 5.95. The second-order valence-electron chi connectivity index (χ2n) is 2.84. The largest absolute Gasteiger partial charge is 0.464 e. The van der Waals surface area contributed by atoms with Crippen LogP contribution in [0.3, 0.4) is 0 Å². The first-order valence-electron chi connectivity index (χ1n) is 4.00. The van der Waals surface area contributed by atoms with E-state index in [4.69, 9.17) is 10.2 Å². The van der Waals surface area contributed by atoms with Gasteiger partial charge in [-0.3, -0.25) is 0 Å². The van der Waals surface area contributed by atoms with Crippen LogP contribution in [-0.4, -0.2) is 4.37 Å². The number of aromatic nitrogens is 1. The molecule has 13 heavy (non-hydrogen) atoms. The van der Waals surface area contributed by atoms with Crippen LogP contribution in [0.25, 0.3) is 0 Å². The number of nitrogens with zero attached hydrogens (tertiary/aromatic N) is 1. The SMILES string of the molecule is Cc1ccc(C(N)c2ccns2)o1. The molecular formula is C9H10N2OS. The molecule has 2 aromatic heterocycles. The summed E-state index contributed by atoms with van der Waals surface area (Å²) in [5.74, 6) is 1.68. The molecule has 3 nitrogen and oxygen atoms in total. The Morgan fingerprint density at radius 2 is 2.31 bits per heavy atom. The number of furan rings is 1. The van der Waals surface area contributed by atoms with Crippen molar-refractivity contribution in [2.45, 2.75) is 13.0 Å². The topological polar surface area (TPSA) is 52.0 Å². The van der Waals surface area contributed by atoms with Crippen molar-refractivity contribution < 1.29 is 4.42 Å². The van der Waals surface area contributed by atoms with Crippen molar-refractivity contribution >= 4 is 11.5 Å². The molecule has 0 spiro atoms. The molecule has 0 saturated carbocycles. The van der Waals surface area contributed by atoms with Crippen LogP contribution >= 0.6 is 11.5 Å². The van der Waals surface area contributed by atoms with Gasteiger partial charge in [0, 0.05) is 11.1 Å². The summed E-state index contributed by atoms with van der Waals surface area (Å²) in [4.78, 5) is 1.02. The van der Waals surface area contributed by atoms with Gasteiger partial charge in [-0.15, -0.1) is 0 Å². The molecule has 4 heteroatoms. The van der Waals surface area contributed by atoms with Crippen molar-refractivity contribution in [3.63, 3.8) is 0 Å². The van der Waals surface area contributed by atoms with E-state index >= 15 is 0 Å². The maximum absolute atomic E-state index is 5.95. The van der Waals surface area contributed by atoms with Gasteiger partial charge in [0.1, 0.15) is 11.5 Å². The molecule has 0 fully saturated rings. The fourth-order valence-corrected chi connectivity index (χ4v) is 1.74. The van der Waals surface area contributed by atoms with Crippen LogP contribution in [0.2, 0.25) is 0 Å². The van der Waals surface area contributed by atoms with Crippen LogP contribution in [0.1, 0.15) is 22.4 Å². The van der Waals surface area contributed by atoms with Crippen LogP contribution in [0.4, 0.5) is 0 Å². The molecule has 68 valence electrons. The predicted octanol–water partition coefficient (Wildman–Crippen LogP) is 2.09. The quantitative estimate of drug-likeness (QED) is 0.796. The monoisotopic (exact) mass is 194 g/mol. The van der Waals surface area contributed by atoms with E-state index in [0.29, 0.717) is 0 Å². The Hall–Kier alpha value is -1.13. The number of hydrogen-bond donors (Lipinski definition) is 1. The molecule has 0 aromatic carbocycles. The summed E-state index contributed by atoms with van der Waals surface area (Å²) in [6.07, 6.45) is 1.75. The minimum atomic E-state index is -0.179. The van der Waals surface area contributed by atoms with Crippen LogP contribution in [0, 0.1) is 6.92 Å². The first-order chi connectivity index (χ1) is 6.27. The molecule has 0 radical (unpaired) electrons. The highest BCUT2D eigenvalue weighted by Crippen LogP contribution is 2.23. The Balaban J connectivity index is 2.28. The van der Waals surface area contributed by atoms with Crippen LogP contribution < -0.4 is 5.73 Å². The van der Waals surface area contributed by atoms with Crippen molar-refractivity contribution in [2.24, 2.45) is 5.73 Å². The van der Waals surface area contributed by atoms with Crippen molar-refractivity contribution in [1.29, 1.82) is 0 Å². The van der Waals surface area contributed by atoms with Gasteiger partial charge in [-0.25, -0.2) is 4.37 Å². The lowest BCUT2D eigenvalue weighted by molar-refractivity contribution is 0.468. The molecule has 0 aliphatic heterocycles. The van der Waals surface area contributed by atoms with E-state index in [-0.39, 0.29) is 6.04 Å². The van der Waals surface area contributed by atoms with Gasteiger partial charge in [-0.2, -0.15) is 0 Å². The summed E-state index contributed by atoms with van der Waals surface area (Å²) < 4.78 is 9.42. The fraction of sp³-hybridized carbons (Fsp3) is 0.222. The van der Waals surface area contributed by atoms with Gasteiger partial charge in [0.25, 0.3) is 0 Å². The number of rotatable bonds is 2. The van der Waals surface area contributed by atoms with Crippen LogP contribution in [-0.2, 0) is 0 Å². The van der Waals surface area contributed by atoms with Crippen molar-refractivity contribution in [2.75, 3.05) is 0 Å². The predicted molar refractivity (Wildman–Crippen MR) is 51.6 cm³/mol. The number of nitrogens with two attached hydrogens (primary N) is 1. The van der Waals surface area contributed by atoms with E-state index in [1.165, 1.54) is 11.5 Å². The molecule has 0 bridgehead atoms. The average Bonchev–Trinajstić information content (AvgIpc) is 2.72. The zero-order chi connectivity index (χ0) is 9.26. The molecule has 1 unspecified atom stereocenters.